The van der Waals surface area contributed by atoms with E-state index in [4.69, 9.17) is 0 Å². The number of aromatic nitrogens is 4. The number of amides is 1. The number of nitrogens with zero attached hydrogens (tertiary/aromatic N) is 6. The number of hydrogen-bond donors (Lipinski definition) is 0. The van der Waals surface area contributed by atoms with Crippen molar-refractivity contribution in [2.75, 3.05) is 29.4 Å². The molecule has 1 saturated heterocycles. The van der Waals surface area contributed by atoms with Crippen molar-refractivity contribution in [3.05, 3.63) is 60.7 Å². The van der Waals surface area contributed by atoms with Gasteiger partial charge in [0.05, 0.1) is 5.92 Å². The summed E-state index contributed by atoms with van der Waals surface area (Å²) in [5.41, 5.74) is 2.12. The third-order valence-corrected chi connectivity index (χ3v) is 4.83. The molecule has 1 fully saturated rings. The fourth-order valence-electron chi connectivity index (χ4n) is 3.34. The summed E-state index contributed by atoms with van der Waals surface area (Å²) in [5.74, 6) is 1.68. The minimum absolute atomic E-state index is 0.0198. The second-order valence-corrected chi connectivity index (χ2v) is 6.71. The average molecular weight is 362 g/mol. The van der Waals surface area contributed by atoms with Crippen molar-refractivity contribution in [3.8, 4) is 5.82 Å². The Morgan fingerprint density at radius 2 is 2.00 bits per heavy atom. The predicted molar refractivity (Wildman–Crippen MR) is 104 cm³/mol. The number of carbonyl (C=O) groups excluding carboxylic acids is 1. The first kappa shape index (κ1) is 17.2. The van der Waals surface area contributed by atoms with E-state index in [2.05, 4.69) is 26.0 Å². The van der Waals surface area contributed by atoms with E-state index in [9.17, 15) is 4.79 Å². The van der Waals surface area contributed by atoms with Crippen LogP contribution in [-0.2, 0) is 4.79 Å². The molecule has 3 heterocycles. The van der Waals surface area contributed by atoms with Crippen LogP contribution in [0.5, 0.6) is 0 Å². The highest BCUT2D eigenvalue weighted by Gasteiger charge is 2.36. The minimum atomic E-state index is -0.0198. The van der Waals surface area contributed by atoms with Gasteiger partial charge in [-0.1, -0.05) is 12.1 Å². The number of benzene rings is 1. The van der Waals surface area contributed by atoms with E-state index >= 15 is 0 Å². The minimum Gasteiger partial charge on any atom is -0.355 e. The lowest BCUT2D eigenvalue weighted by Gasteiger charge is -2.41. The van der Waals surface area contributed by atoms with Crippen LogP contribution in [0.2, 0.25) is 0 Å². The Balaban J connectivity index is 1.44. The summed E-state index contributed by atoms with van der Waals surface area (Å²) in [6.45, 7) is 6.04. The van der Waals surface area contributed by atoms with Gasteiger partial charge in [0.25, 0.3) is 0 Å². The van der Waals surface area contributed by atoms with E-state index < -0.39 is 0 Å². The van der Waals surface area contributed by atoms with Gasteiger partial charge >= 0.3 is 0 Å². The fourth-order valence-corrected chi connectivity index (χ4v) is 3.34. The summed E-state index contributed by atoms with van der Waals surface area (Å²) in [4.78, 5) is 25.5. The van der Waals surface area contributed by atoms with Gasteiger partial charge in [0, 0.05) is 43.8 Å². The van der Waals surface area contributed by atoms with Crippen LogP contribution in [0.4, 0.5) is 11.5 Å². The lowest BCUT2D eigenvalue weighted by molar-refractivity contribution is -0.123. The number of anilines is 2. The van der Waals surface area contributed by atoms with Crippen LogP contribution in [0.1, 0.15) is 12.5 Å². The lowest BCUT2D eigenvalue weighted by atomic mass is 9.98. The molecule has 1 aliphatic rings. The largest absolute Gasteiger partial charge is 0.355 e. The van der Waals surface area contributed by atoms with E-state index in [1.165, 1.54) is 6.33 Å². The van der Waals surface area contributed by atoms with Gasteiger partial charge in [-0.15, -0.1) is 0 Å². The number of rotatable bonds is 5. The van der Waals surface area contributed by atoms with Crippen molar-refractivity contribution in [2.24, 2.45) is 5.92 Å². The van der Waals surface area contributed by atoms with Gasteiger partial charge < -0.3 is 9.80 Å². The molecule has 0 atom stereocenters. The fraction of sp³-hybridized carbons (Fsp3) is 0.300. The average Bonchev–Trinajstić information content (AvgIpc) is 3.16. The van der Waals surface area contributed by atoms with Crippen molar-refractivity contribution in [1.29, 1.82) is 0 Å². The van der Waals surface area contributed by atoms with E-state index in [1.807, 2.05) is 55.3 Å². The summed E-state index contributed by atoms with van der Waals surface area (Å²) in [5, 5.41) is 4.20. The monoisotopic (exact) mass is 362 g/mol. The van der Waals surface area contributed by atoms with E-state index in [0.717, 1.165) is 22.9 Å². The van der Waals surface area contributed by atoms with Crippen LogP contribution >= 0.6 is 0 Å². The summed E-state index contributed by atoms with van der Waals surface area (Å²) >= 11 is 0. The molecule has 0 radical (unpaired) electrons. The molecule has 0 unspecified atom stereocenters. The molecule has 2 aromatic heterocycles. The van der Waals surface area contributed by atoms with Gasteiger partial charge in [-0.25, -0.2) is 14.6 Å². The van der Waals surface area contributed by atoms with Gasteiger partial charge in [-0.2, -0.15) is 5.10 Å². The molecule has 1 amide bonds. The Kier molecular flexibility index (Phi) is 4.58. The Hall–Kier alpha value is -3.22. The molecule has 3 aromatic rings. The van der Waals surface area contributed by atoms with Crippen molar-refractivity contribution in [1.82, 2.24) is 19.7 Å². The molecule has 1 aliphatic heterocycles. The molecule has 0 saturated carbocycles. The Morgan fingerprint density at radius 3 is 2.70 bits per heavy atom. The predicted octanol–water partition coefficient (Wildman–Crippen LogP) is 2.46. The molecular weight excluding hydrogens is 340 g/mol. The Bertz CT molecular complexity index is 933. The molecule has 4 rings (SSSR count). The van der Waals surface area contributed by atoms with Crippen LogP contribution in [0, 0.1) is 12.8 Å². The maximum absolute atomic E-state index is 13.0. The van der Waals surface area contributed by atoms with Crippen LogP contribution in [0.3, 0.4) is 0 Å². The van der Waals surface area contributed by atoms with Crippen LogP contribution < -0.4 is 9.80 Å². The van der Waals surface area contributed by atoms with Crippen molar-refractivity contribution in [3.63, 3.8) is 0 Å². The highest BCUT2D eigenvalue weighted by atomic mass is 16.2. The summed E-state index contributed by atoms with van der Waals surface area (Å²) in [7, 11) is 0. The SMILES string of the molecule is CCN(C(=O)C1CN(c2cc(-n3cccn3)ncn2)C1)c1cccc(C)c1. The number of aryl methyl sites for hydroxylation is 1. The van der Waals surface area contributed by atoms with Crippen molar-refractivity contribution < 1.29 is 4.79 Å². The smallest absolute Gasteiger partial charge is 0.233 e. The molecule has 0 spiro atoms. The first-order valence-electron chi connectivity index (χ1n) is 9.10. The second-order valence-electron chi connectivity index (χ2n) is 6.71. The molecule has 0 aliphatic carbocycles. The molecule has 1 aromatic carbocycles. The van der Waals surface area contributed by atoms with Gasteiger partial charge in [-0.05, 0) is 37.6 Å². The maximum Gasteiger partial charge on any atom is 0.233 e. The molecule has 138 valence electrons. The Labute approximate surface area is 158 Å². The van der Waals surface area contributed by atoms with Crippen LogP contribution in [0.25, 0.3) is 5.82 Å². The zero-order valence-electron chi connectivity index (χ0n) is 15.5. The van der Waals surface area contributed by atoms with E-state index in [1.54, 1.807) is 10.9 Å². The van der Waals surface area contributed by atoms with E-state index in [0.29, 0.717) is 19.6 Å². The topological polar surface area (TPSA) is 67.2 Å². The third-order valence-electron chi connectivity index (χ3n) is 4.83. The van der Waals surface area contributed by atoms with Crippen molar-refractivity contribution in [2.45, 2.75) is 13.8 Å². The van der Waals surface area contributed by atoms with Gasteiger partial charge in [-0.3, -0.25) is 4.79 Å². The third kappa shape index (κ3) is 3.40. The van der Waals surface area contributed by atoms with Crippen LogP contribution in [0.15, 0.2) is 55.1 Å². The normalized spacial score (nSPS) is 14.1. The first-order valence-corrected chi connectivity index (χ1v) is 9.10. The second kappa shape index (κ2) is 7.19. The van der Waals surface area contributed by atoms with Gasteiger partial charge in [0.2, 0.25) is 5.91 Å². The summed E-state index contributed by atoms with van der Waals surface area (Å²) in [6.07, 6.45) is 5.09. The first-order chi connectivity index (χ1) is 13.2. The standard InChI is InChI=1S/C20H22N6O/c1-3-25(17-7-4-6-15(2)10-17)20(27)16-12-24(13-16)18-11-19(22-14-21-18)26-9-5-8-23-26/h4-11,14,16H,3,12-13H2,1-2H3. The van der Waals surface area contributed by atoms with E-state index in [-0.39, 0.29) is 11.8 Å². The highest BCUT2D eigenvalue weighted by Crippen LogP contribution is 2.27. The quantitative estimate of drug-likeness (QED) is 0.697. The molecule has 7 heteroatoms. The lowest BCUT2D eigenvalue weighted by Crippen LogP contribution is -2.55. The molecule has 0 bridgehead atoms. The zero-order chi connectivity index (χ0) is 18.8. The molecular formula is C20H22N6O. The van der Waals surface area contributed by atoms with Crippen molar-refractivity contribution >= 4 is 17.4 Å². The summed E-state index contributed by atoms with van der Waals surface area (Å²) < 4.78 is 1.70. The number of carbonyl (C=O) groups is 1. The van der Waals surface area contributed by atoms with Gasteiger partial charge in [0.15, 0.2) is 5.82 Å². The molecule has 7 nitrogen and oxygen atoms in total. The number of hydrogen-bond acceptors (Lipinski definition) is 5. The zero-order valence-corrected chi connectivity index (χ0v) is 15.5. The molecule has 0 N–H and O–H groups in total. The maximum atomic E-state index is 13.0. The van der Waals surface area contributed by atoms with Gasteiger partial charge in [0.1, 0.15) is 12.1 Å². The van der Waals surface area contributed by atoms with Crippen LogP contribution in [-0.4, -0.2) is 45.3 Å². The molecule has 27 heavy (non-hydrogen) atoms. The Morgan fingerprint density at radius 1 is 1.19 bits per heavy atom. The summed E-state index contributed by atoms with van der Waals surface area (Å²) in [6, 6.07) is 11.8. The highest BCUT2D eigenvalue weighted by molar-refractivity contribution is 5.96.